The standard InChI is InChI=1S/C18H19N3/c19-11-10-18(8-9-18)14-21-17(15-4-2-1-3-5-15)16-6-12-20-13-7-16/h1-7,12-13,17,21H,8-10,14H2. The molecular weight excluding hydrogens is 258 g/mol. The first-order valence-corrected chi connectivity index (χ1v) is 7.38. The Hall–Kier alpha value is -2.18. The number of pyridine rings is 1. The highest BCUT2D eigenvalue weighted by Crippen LogP contribution is 2.48. The van der Waals surface area contributed by atoms with Crippen molar-refractivity contribution in [3.8, 4) is 6.07 Å². The van der Waals surface area contributed by atoms with Gasteiger partial charge in [0.1, 0.15) is 0 Å². The van der Waals surface area contributed by atoms with Crippen molar-refractivity contribution in [2.75, 3.05) is 6.54 Å². The summed E-state index contributed by atoms with van der Waals surface area (Å²) in [5, 5.41) is 12.6. The van der Waals surface area contributed by atoms with E-state index >= 15 is 0 Å². The van der Waals surface area contributed by atoms with Gasteiger partial charge in [-0.3, -0.25) is 4.98 Å². The van der Waals surface area contributed by atoms with Crippen LogP contribution in [0.2, 0.25) is 0 Å². The van der Waals surface area contributed by atoms with Crippen molar-refractivity contribution < 1.29 is 0 Å². The van der Waals surface area contributed by atoms with Gasteiger partial charge in [0.15, 0.2) is 0 Å². The van der Waals surface area contributed by atoms with Crippen LogP contribution in [-0.4, -0.2) is 11.5 Å². The molecule has 1 N–H and O–H groups in total. The van der Waals surface area contributed by atoms with Gasteiger partial charge in [-0.2, -0.15) is 5.26 Å². The lowest BCUT2D eigenvalue weighted by atomic mass is 9.97. The molecule has 3 nitrogen and oxygen atoms in total. The fourth-order valence-corrected chi connectivity index (χ4v) is 2.71. The van der Waals surface area contributed by atoms with E-state index in [0.717, 1.165) is 19.4 Å². The summed E-state index contributed by atoms with van der Waals surface area (Å²) in [4.78, 5) is 4.10. The normalized spacial score (nSPS) is 16.9. The van der Waals surface area contributed by atoms with Gasteiger partial charge in [-0.25, -0.2) is 0 Å². The number of hydrogen-bond donors (Lipinski definition) is 1. The van der Waals surface area contributed by atoms with Crippen molar-refractivity contribution in [2.24, 2.45) is 5.41 Å². The molecule has 3 heteroatoms. The number of nitrogens with zero attached hydrogens (tertiary/aromatic N) is 2. The average molecular weight is 277 g/mol. The third-order valence-electron chi connectivity index (χ3n) is 4.26. The summed E-state index contributed by atoms with van der Waals surface area (Å²) in [6.45, 7) is 0.891. The summed E-state index contributed by atoms with van der Waals surface area (Å²) in [6.07, 6.45) is 6.62. The Morgan fingerprint density at radius 2 is 1.76 bits per heavy atom. The largest absolute Gasteiger partial charge is 0.306 e. The molecule has 1 aliphatic rings. The van der Waals surface area contributed by atoms with Crippen LogP contribution in [0, 0.1) is 16.7 Å². The second-order valence-corrected chi connectivity index (χ2v) is 5.84. The number of aromatic nitrogens is 1. The van der Waals surface area contributed by atoms with Crippen LogP contribution in [0.3, 0.4) is 0 Å². The molecule has 0 aliphatic heterocycles. The van der Waals surface area contributed by atoms with Gasteiger partial charge >= 0.3 is 0 Å². The number of rotatable bonds is 6. The SMILES string of the molecule is N#CCC1(CNC(c2ccccc2)c2ccncc2)CC1. The first-order valence-electron chi connectivity index (χ1n) is 7.38. The molecule has 0 radical (unpaired) electrons. The van der Waals surface area contributed by atoms with Crippen molar-refractivity contribution in [3.05, 3.63) is 66.0 Å². The predicted molar refractivity (Wildman–Crippen MR) is 82.4 cm³/mol. The van der Waals surface area contributed by atoms with Crippen molar-refractivity contribution in [2.45, 2.75) is 25.3 Å². The van der Waals surface area contributed by atoms with Crippen molar-refractivity contribution in [1.82, 2.24) is 10.3 Å². The highest BCUT2D eigenvalue weighted by molar-refractivity contribution is 5.30. The molecule has 1 saturated carbocycles. The Morgan fingerprint density at radius 1 is 1.10 bits per heavy atom. The molecule has 1 aromatic heterocycles. The van der Waals surface area contributed by atoms with Crippen LogP contribution >= 0.6 is 0 Å². The van der Waals surface area contributed by atoms with Crippen LogP contribution in [0.1, 0.15) is 36.4 Å². The van der Waals surface area contributed by atoms with Crippen LogP contribution in [0.25, 0.3) is 0 Å². The molecule has 1 aromatic carbocycles. The van der Waals surface area contributed by atoms with Crippen LogP contribution in [0.5, 0.6) is 0 Å². The summed E-state index contributed by atoms with van der Waals surface area (Å²) >= 11 is 0. The smallest absolute Gasteiger partial charge is 0.0628 e. The molecule has 1 fully saturated rings. The molecule has 0 saturated heterocycles. The van der Waals surface area contributed by atoms with E-state index in [2.05, 4.69) is 52.8 Å². The molecule has 1 aliphatic carbocycles. The summed E-state index contributed by atoms with van der Waals surface area (Å²) in [5.74, 6) is 0. The molecule has 21 heavy (non-hydrogen) atoms. The van der Waals surface area contributed by atoms with E-state index in [9.17, 15) is 0 Å². The van der Waals surface area contributed by atoms with Crippen molar-refractivity contribution in [3.63, 3.8) is 0 Å². The molecule has 0 bridgehead atoms. The number of nitriles is 1. The van der Waals surface area contributed by atoms with E-state index in [1.54, 1.807) is 0 Å². The van der Waals surface area contributed by atoms with E-state index in [1.165, 1.54) is 11.1 Å². The van der Waals surface area contributed by atoms with E-state index < -0.39 is 0 Å². The minimum absolute atomic E-state index is 0.158. The Bertz CT molecular complexity index is 572. The Labute approximate surface area is 125 Å². The Kier molecular flexibility index (Phi) is 3.98. The van der Waals surface area contributed by atoms with Gasteiger partial charge in [0.05, 0.1) is 12.1 Å². The van der Waals surface area contributed by atoms with Crippen LogP contribution in [-0.2, 0) is 0 Å². The van der Waals surface area contributed by atoms with Gasteiger partial charge < -0.3 is 5.32 Å². The fraction of sp³-hybridized carbons (Fsp3) is 0.333. The van der Waals surface area contributed by atoms with Gasteiger partial charge in [0, 0.05) is 25.4 Å². The topological polar surface area (TPSA) is 48.7 Å². The lowest BCUT2D eigenvalue weighted by Gasteiger charge is -2.22. The van der Waals surface area contributed by atoms with Gasteiger partial charge in [-0.15, -0.1) is 0 Å². The first-order chi connectivity index (χ1) is 10.3. The minimum Gasteiger partial charge on any atom is -0.306 e. The molecule has 106 valence electrons. The molecule has 0 amide bonds. The third-order valence-corrected chi connectivity index (χ3v) is 4.26. The molecule has 1 unspecified atom stereocenters. The maximum Gasteiger partial charge on any atom is 0.0628 e. The minimum atomic E-state index is 0.158. The highest BCUT2D eigenvalue weighted by atomic mass is 14.9. The first kappa shape index (κ1) is 13.8. The summed E-state index contributed by atoms with van der Waals surface area (Å²) in [5.41, 5.74) is 2.66. The predicted octanol–water partition coefficient (Wildman–Crippen LogP) is 3.45. The van der Waals surface area contributed by atoms with Crippen LogP contribution in [0.15, 0.2) is 54.9 Å². The van der Waals surface area contributed by atoms with Gasteiger partial charge in [0.2, 0.25) is 0 Å². The second-order valence-electron chi connectivity index (χ2n) is 5.84. The van der Waals surface area contributed by atoms with Gasteiger partial charge in [0.25, 0.3) is 0 Å². The van der Waals surface area contributed by atoms with E-state index in [0.29, 0.717) is 6.42 Å². The maximum absolute atomic E-state index is 8.96. The van der Waals surface area contributed by atoms with E-state index in [4.69, 9.17) is 5.26 Å². The van der Waals surface area contributed by atoms with Crippen molar-refractivity contribution >= 4 is 0 Å². The van der Waals surface area contributed by atoms with Crippen LogP contribution < -0.4 is 5.32 Å². The zero-order chi connectivity index (χ0) is 14.5. The lowest BCUT2D eigenvalue weighted by Crippen LogP contribution is -2.29. The average Bonchev–Trinajstić information content (AvgIpc) is 3.30. The zero-order valence-corrected chi connectivity index (χ0v) is 12.0. The maximum atomic E-state index is 8.96. The molecule has 2 aromatic rings. The molecule has 1 heterocycles. The molecule has 0 spiro atoms. The summed E-state index contributed by atoms with van der Waals surface area (Å²) in [7, 11) is 0. The lowest BCUT2D eigenvalue weighted by molar-refractivity contribution is 0.443. The Morgan fingerprint density at radius 3 is 2.38 bits per heavy atom. The number of hydrogen-bond acceptors (Lipinski definition) is 3. The molecule has 3 rings (SSSR count). The Balaban J connectivity index is 1.79. The van der Waals surface area contributed by atoms with E-state index in [-0.39, 0.29) is 11.5 Å². The molecular formula is C18H19N3. The number of benzene rings is 1. The van der Waals surface area contributed by atoms with E-state index in [1.807, 2.05) is 18.5 Å². The van der Waals surface area contributed by atoms with Crippen molar-refractivity contribution in [1.29, 1.82) is 5.26 Å². The zero-order valence-electron chi connectivity index (χ0n) is 12.0. The summed E-state index contributed by atoms with van der Waals surface area (Å²) < 4.78 is 0. The molecule has 1 atom stereocenters. The third kappa shape index (κ3) is 3.29. The monoisotopic (exact) mass is 277 g/mol. The highest BCUT2D eigenvalue weighted by Gasteiger charge is 2.42. The second kappa shape index (κ2) is 6.07. The summed E-state index contributed by atoms with van der Waals surface area (Å²) in [6, 6.07) is 17.0. The van der Waals surface area contributed by atoms with Gasteiger partial charge in [-0.1, -0.05) is 30.3 Å². The quantitative estimate of drug-likeness (QED) is 0.879. The van der Waals surface area contributed by atoms with Gasteiger partial charge in [-0.05, 0) is 41.5 Å². The number of nitrogens with one attached hydrogen (secondary N) is 1. The fourth-order valence-electron chi connectivity index (χ4n) is 2.71. The van der Waals surface area contributed by atoms with Crippen LogP contribution in [0.4, 0.5) is 0 Å².